The summed E-state index contributed by atoms with van der Waals surface area (Å²) in [5.74, 6) is 0.828. The average Bonchev–Trinajstić information content (AvgIpc) is 2.07. The van der Waals surface area contributed by atoms with Gasteiger partial charge in [0, 0.05) is 12.7 Å². The summed E-state index contributed by atoms with van der Waals surface area (Å²) in [4.78, 5) is 9.96. The van der Waals surface area contributed by atoms with Gasteiger partial charge in [0.05, 0.1) is 12.1 Å². The number of fused-ring (bicyclic) bond motifs is 1. The van der Waals surface area contributed by atoms with E-state index in [9.17, 15) is 0 Å². The van der Waals surface area contributed by atoms with Crippen LogP contribution in [0.1, 0.15) is 5.56 Å². The zero-order chi connectivity index (χ0) is 9.42. The first kappa shape index (κ1) is 8.31. The number of nitrogens with two attached hydrogens (primary N) is 1. The van der Waals surface area contributed by atoms with Crippen molar-refractivity contribution in [2.45, 2.75) is 0 Å². The number of anilines is 1. The minimum Gasteiger partial charge on any atom is -0.401 e. The first-order chi connectivity index (χ1) is 6.18. The standard InChI is InChI=1S/C8H9ClN4/c1-13-3-5(10)2-6-7(9)11-4-12-8(6)13/h2,4H,3,10H2,1H3. The van der Waals surface area contributed by atoms with Crippen LogP contribution in [0, 0.1) is 0 Å². The fraction of sp³-hybridized carbons (Fsp3) is 0.250. The van der Waals surface area contributed by atoms with E-state index in [0.717, 1.165) is 17.1 Å². The second kappa shape index (κ2) is 2.88. The molecular weight excluding hydrogens is 188 g/mol. The van der Waals surface area contributed by atoms with Gasteiger partial charge in [0.1, 0.15) is 17.3 Å². The lowest BCUT2D eigenvalue weighted by Crippen LogP contribution is -2.28. The van der Waals surface area contributed by atoms with Crippen molar-refractivity contribution in [1.29, 1.82) is 0 Å². The van der Waals surface area contributed by atoms with Gasteiger partial charge in [-0.2, -0.15) is 0 Å². The summed E-state index contributed by atoms with van der Waals surface area (Å²) in [6.45, 7) is 0.681. The Bertz CT molecular complexity index is 374. The van der Waals surface area contributed by atoms with Crippen molar-refractivity contribution in [3.8, 4) is 0 Å². The van der Waals surface area contributed by atoms with Crippen molar-refractivity contribution in [2.24, 2.45) is 5.73 Å². The van der Waals surface area contributed by atoms with E-state index in [4.69, 9.17) is 17.3 Å². The van der Waals surface area contributed by atoms with E-state index in [1.807, 2.05) is 18.0 Å². The molecule has 0 spiro atoms. The summed E-state index contributed by atoms with van der Waals surface area (Å²) in [6, 6.07) is 0. The number of likely N-dealkylation sites (N-methyl/N-ethyl adjacent to an activating group) is 1. The van der Waals surface area contributed by atoms with Crippen LogP contribution in [0.15, 0.2) is 12.0 Å². The summed E-state index contributed by atoms with van der Waals surface area (Å²) in [5, 5.41) is 0.444. The van der Waals surface area contributed by atoms with Crippen LogP contribution in [0.4, 0.5) is 5.82 Å². The molecule has 1 aliphatic rings. The minimum atomic E-state index is 0.444. The molecule has 2 rings (SSSR count). The van der Waals surface area contributed by atoms with Crippen molar-refractivity contribution < 1.29 is 0 Å². The smallest absolute Gasteiger partial charge is 0.141 e. The highest BCUT2D eigenvalue weighted by atomic mass is 35.5. The van der Waals surface area contributed by atoms with Crippen molar-refractivity contribution >= 4 is 23.5 Å². The topological polar surface area (TPSA) is 55.0 Å². The van der Waals surface area contributed by atoms with E-state index in [1.54, 1.807) is 0 Å². The van der Waals surface area contributed by atoms with Crippen LogP contribution < -0.4 is 10.6 Å². The highest BCUT2D eigenvalue weighted by molar-refractivity contribution is 6.31. The van der Waals surface area contributed by atoms with Crippen LogP contribution in [0.3, 0.4) is 0 Å². The Balaban J connectivity index is 2.62. The molecule has 13 heavy (non-hydrogen) atoms. The molecule has 0 saturated carbocycles. The van der Waals surface area contributed by atoms with Crippen molar-refractivity contribution in [3.05, 3.63) is 22.7 Å². The van der Waals surface area contributed by atoms with E-state index in [1.165, 1.54) is 6.33 Å². The molecule has 1 aromatic rings. The number of hydrogen-bond acceptors (Lipinski definition) is 4. The first-order valence-corrected chi connectivity index (χ1v) is 4.24. The Labute approximate surface area is 81.0 Å². The lowest BCUT2D eigenvalue weighted by molar-refractivity contribution is 0.917. The molecule has 1 aromatic heterocycles. The molecule has 0 atom stereocenters. The van der Waals surface area contributed by atoms with Crippen molar-refractivity contribution in [3.63, 3.8) is 0 Å². The normalized spacial score (nSPS) is 15.2. The van der Waals surface area contributed by atoms with Gasteiger partial charge in [-0.15, -0.1) is 0 Å². The van der Waals surface area contributed by atoms with E-state index < -0.39 is 0 Å². The SMILES string of the molecule is CN1CC(N)=Cc2c(Cl)ncnc21. The number of hydrogen-bond donors (Lipinski definition) is 1. The third-order valence-electron chi connectivity index (χ3n) is 1.93. The predicted octanol–water partition coefficient (Wildman–Crippen LogP) is 0.879. The van der Waals surface area contributed by atoms with Gasteiger partial charge in [0.25, 0.3) is 0 Å². The molecular formula is C8H9ClN4. The molecule has 0 amide bonds. The van der Waals surface area contributed by atoms with Crippen molar-refractivity contribution in [2.75, 3.05) is 18.5 Å². The maximum Gasteiger partial charge on any atom is 0.141 e. The van der Waals surface area contributed by atoms with Gasteiger partial charge in [-0.25, -0.2) is 9.97 Å². The first-order valence-electron chi connectivity index (χ1n) is 3.86. The summed E-state index contributed by atoms with van der Waals surface area (Å²) in [7, 11) is 1.92. The van der Waals surface area contributed by atoms with Crippen LogP contribution in [0.5, 0.6) is 0 Å². The van der Waals surface area contributed by atoms with Gasteiger partial charge < -0.3 is 10.6 Å². The number of rotatable bonds is 0. The van der Waals surface area contributed by atoms with Crippen LogP contribution >= 0.6 is 11.6 Å². The Morgan fingerprint density at radius 2 is 2.31 bits per heavy atom. The number of halogens is 1. The molecule has 0 unspecified atom stereocenters. The molecule has 0 aromatic carbocycles. The van der Waals surface area contributed by atoms with E-state index >= 15 is 0 Å². The van der Waals surface area contributed by atoms with Crippen LogP contribution in [-0.2, 0) is 0 Å². The zero-order valence-electron chi connectivity index (χ0n) is 7.16. The highest BCUT2D eigenvalue weighted by Crippen LogP contribution is 2.27. The summed E-state index contributed by atoms with van der Waals surface area (Å²) >= 11 is 5.89. The van der Waals surface area contributed by atoms with Gasteiger partial charge in [0.15, 0.2) is 0 Å². The molecule has 0 saturated heterocycles. The fourth-order valence-corrected chi connectivity index (χ4v) is 1.56. The Hall–Kier alpha value is -1.29. The Morgan fingerprint density at radius 3 is 3.08 bits per heavy atom. The van der Waals surface area contributed by atoms with Gasteiger partial charge in [0.2, 0.25) is 0 Å². The quantitative estimate of drug-likeness (QED) is 0.626. The van der Waals surface area contributed by atoms with E-state index in [2.05, 4.69) is 9.97 Å². The summed E-state index contributed by atoms with van der Waals surface area (Å²) < 4.78 is 0. The lowest BCUT2D eigenvalue weighted by atomic mass is 10.2. The molecule has 4 nitrogen and oxygen atoms in total. The Kier molecular flexibility index (Phi) is 1.84. The average molecular weight is 197 g/mol. The van der Waals surface area contributed by atoms with Crippen LogP contribution in [-0.4, -0.2) is 23.6 Å². The van der Waals surface area contributed by atoms with Crippen molar-refractivity contribution in [1.82, 2.24) is 9.97 Å². The third kappa shape index (κ3) is 1.33. The fourth-order valence-electron chi connectivity index (χ4n) is 1.37. The van der Waals surface area contributed by atoms with E-state index in [-0.39, 0.29) is 0 Å². The molecule has 2 N–H and O–H groups in total. The second-order valence-corrected chi connectivity index (χ2v) is 3.34. The summed E-state index contributed by atoms with van der Waals surface area (Å²) in [6.07, 6.45) is 3.27. The molecule has 0 aliphatic carbocycles. The maximum atomic E-state index is 5.89. The maximum absolute atomic E-state index is 5.89. The lowest BCUT2D eigenvalue weighted by Gasteiger charge is -2.24. The zero-order valence-corrected chi connectivity index (χ0v) is 7.91. The minimum absolute atomic E-state index is 0.444. The molecule has 5 heteroatoms. The number of aromatic nitrogens is 2. The second-order valence-electron chi connectivity index (χ2n) is 2.98. The molecule has 0 fully saturated rings. The summed E-state index contributed by atoms with van der Waals surface area (Å²) in [5.41, 5.74) is 7.29. The highest BCUT2D eigenvalue weighted by Gasteiger charge is 2.17. The molecule has 0 radical (unpaired) electrons. The predicted molar refractivity (Wildman–Crippen MR) is 52.5 cm³/mol. The molecule has 2 heterocycles. The third-order valence-corrected chi connectivity index (χ3v) is 2.23. The molecule has 1 aliphatic heterocycles. The number of nitrogens with zero attached hydrogens (tertiary/aromatic N) is 3. The van der Waals surface area contributed by atoms with Crippen LogP contribution in [0.25, 0.3) is 6.08 Å². The van der Waals surface area contributed by atoms with Gasteiger partial charge in [-0.3, -0.25) is 0 Å². The van der Waals surface area contributed by atoms with E-state index in [0.29, 0.717) is 11.7 Å². The molecule has 0 bridgehead atoms. The molecule has 68 valence electrons. The Morgan fingerprint density at radius 1 is 1.54 bits per heavy atom. The monoisotopic (exact) mass is 196 g/mol. The van der Waals surface area contributed by atoms with Gasteiger partial charge in [-0.1, -0.05) is 11.6 Å². The van der Waals surface area contributed by atoms with Crippen LogP contribution in [0.2, 0.25) is 5.15 Å². The largest absolute Gasteiger partial charge is 0.401 e. The van der Waals surface area contributed by atoms with Gasteiger partial charge >= 0.3 is 0 Å². The van der Waals surface area contributed by atoms with Gasteiger partial charge in [-0.05, 0) is 6.08 Å².